The summed E-state index contributed by atoms with van der Waals surface area (Å²) in [5.41, 5.74) is 4.72. The van der Waals surface area contributed by atoms with E-state index in [1.165, 1.54) is 4.90 Å². The van der Waals surface area contributed by atoms with Crippen LogP contribution in [0.1, 0.15) is 123 Å². The number of nitrogens with zero attached hydrogens (tertiary/aromatic N) is 4. The van der Waals surface area contributed by atoms with Crippen LogP contribution in [0.3, 0.4) is 0 Å². The van der Waals surface area contributed by atoms with Crippen molar-refractivity contribution in [2.75, 3.05) is 84.7 Å². The van der Waals surface area contributed by atoms with Gasteiger partial charge in [-0.1, -0.05) is 62.1 Å². The molecule has 6 atom stereocenters. The van der Waals surface area contributed by atoms with Crippen molar-refractivity contribution in [1.82, 2.24) is 47.4 Å². The van der Waals surface area contributed by atoms with Gasteiger partial charge in [-0.25, -0.2) is 4.79 Å². The minimum absolute atomic E-state index is 0.0104. The summed E-state index contributed by atoms with van der Waals surface area (Å²) in [6.45, 7) is 3.53. The highest BCUT2D eigenvalue weighted by atomic mass is 32.2. The van der Waals surface area contributed by atoms with E-state index in [1.54, 1.807) is 12.1 Å². The molecule has 88 heavy (non-hydrogen) atoms. The summed E-state index contributed by atoms with van der Waals surface area (Å²) in [6.07, 6.45) is 5.22. The van der Waals surface area contributed by atoms with Crippen LogP contribution in [0.2, 0.25) is 0 Å². The normalized spacial score (nSPS) is 20.1. The number of benzene rings is 2. The van der Waals surface area contributed by atoms with Gasteiger partial charge in [0, 0.05) is 86.6 Å². The molecule has 3 saturated heterocycles. The van der Waals surface area contributed by atoms with E-state index >= 15 is 0 Å². The van der Waals surface area contributed by atoms with Gasteiger partial charge < -0.3 is 67.2 Å². The second-order valence-corrected chi connectivity index (χ2v) is 23.7. The van der Waals surface area contributed by atoms with Gasteiger partial charge in [0.1, 0.15) is 17.9 Å². The molecule has 7 rings (SSSR count). The van der Waals surface area contributed by atoms with Crippen molar-refractivity contribution < 1.29 is 70.8 Å². The first-order valence-corrected chi connectivity index (χ1v) is 31.5. The summed E-state index contributed by atoms with van der Waals surface area (Å²) in [6, 6.07) is 9.29. The van der Waals surface area contributed by atoms with Crippen LogP contribution >= 0.6 is 11.8 Å². The zero-order valence-electron chi connectivity index (χ0n) is 49.5. The third kappa shape index (κ3) is 21.1. The van der Waals surface area contributed by atoms with Gasteiger partial charge in [0.05, 0.1) is 57.5 Å². The molecule has 29 heteroatoms. The monoisotopic (exact) mass is 1260 g/mol. The van der Waals surface area contributed by atoms with Crippen molar-refractivity contribution >= 4 is 65.0 Å². The number of rotatable bonds is 39. The quantitative estimate of drug-likeness (QED) is 0.0199. The molecule has 0 aromatic heterocycles. The number of carbonyl (C=O) groups is 8. The molecule has 0 spiro atoms. The maximum Gasteiger partial charge on any atom is 0.442 e. The van der Waals surface area contributed by atoms with Crippen LogP contribution in [0.15, 0.2) is 63.8 Å². The lowest BCUT2D eigenvalue weighted by atomic mass is 9.82. The zero-order chi connectivity index (χ0) is 62.9. The van der Waals surface area contributed by atoms with Crippen LogP contribution in [0.4, 0.5) is 18.0 Å². The predicted octanol–water partition coefficient (Wildman–Crippen LogP) is 3.29. The molecule has 1 aliphatic carbocycles. The number of nitrogens with one attached hydrogen (secondary N) is 8. The highest BCUT2D eigenvalue weighted by Crippen LogP contribution is 2.52. The van der Waals surface area contributed by atoms with E-state index in [0.29, 0.717) is 95.4 Å². The maximum atomic E-state index is 13.6. The first kappa shape index (κ1) is 68.5. The van der Waals surface area contributed by atoms with E-state index < -0.39 is 60.1 Å². The Labute approximate surface area is 513 Å². The standard InChI is InChI=1S/C59H84F3N13O12S/c60-59(61,62)58(73-74-58)42-20-18-41(19-21-42)53(80)70-43(54(81)67-26-9-29-86-31-33-87-32-30-85-28-8-25-64-47(76)13-5-4-12-46-51-44(37-88-46)71-57(84)72-51)34-48(77)65-23-6-7-24-66-52(63)40-16-14-38(15-17-40)35-69-55(82)45-22-27-75(45)56(83)50(68-36-49(78)79)39-10-2-1-3-11-39/h14-21,39,43-46,50-51,68H,1-13,22-37H2,(H2,63,66)(H,64,76)(H,65,77)(H,67,81)(H,69,82)(H,70,80)(H,78,79)(H2,71,72,84)/t43-,44-,45-,46-,50+,51-/m0/s1. The summed E-state index contributed by atoms with van der Waals surface area (Å²) in [5, 5.41) is 38.7. The Bertz CT molecular complexity index is 2720. The number of hydrogen-bond acceptors (Lipinski definition) is 16. The maximum absolute atomic E-state index is 13.6. The molecule has 4 aliphatic heterocycles. The molecule has 25 nitrogen and oxygen atoms in total. The number of carboxylic acid groups (broad SMARTS) is 1. The first-order valence-electron chi connectivity index (χ1n) is 30.5. The lowest BCUT2D eigenvalue weighted by molar-refractivity contribution is -0.166. The van der Waals surface area contributed by atoms with Gasteiger partial charge in [-0.15, -0.1) is 10.2 Å². The Balaban J connectivity index is 0.744. The van der Waals surface area contributed by atoms with E-state index in [9.17, 15) is 56.6 Å². The fraction of sp³-hybridized carbons (Fsp3) is 0.644. The van der Waals surface area contributed by atoms with Crippen LogP contribution in [-0.4, -0.2) is 190 Å². The SMILES string of the molecule is NC(=NCCCCNC(=O)C[C@H](NC(=O)c1ccc(C2(C(F)(F)F)N=N2)cc1)C(=O)NCCCOCCOCCOCCCNC(=O)CCCC[C@@H]1SC[C@@H]2NC(=O)N[C@@H]21)c1ccc(CNC(=O)[C@@H]2CCN2C(=O)[C@H](NCC(=O)O)C2CCCCC2)cc1. The second-order valence-electron chi connectivity index (χ2n) is 22.5. The van der Waals surface area contributed by atoms with Crippen molar-refractivity contribution in [2.24, 2.45) is 26.9 Å². The molecule has 5 aliphatic rings. The van der Waals surface area contributed by atoms with E-state index in [-0.39, 0.29) is 98.1 Å². The Hall–Kier alpha value is -6.95. The number of carbonyl (C=O) groups excluding carboxylic acids is 7. The number of aliphatic carboxylic acids is 1. The molecule has 1 saturated carbocycles. The number of carboxylic acids is 1. The number of likely N-dealkylation sites (tertiary alicyclic amines) is 1. The lowest BCUT2D eigenvalue weighted by Crippen LogP contribution is -2.63. The van der Waals surface area contributed by atoms with Crippen LogP contribution in [-0.2, 0) is 55.2 Å². The van der Waals surface area contributed by atoms with Crippen LogP contribution in [0.25, 0.3) is 0 Å². The zero-order valence-corrected chi connectivity index (χ0v) is 50.3. The number of thioether (sulfide) groups is 1. The number of fused-ring (bicyclic) bond motifs is 1. The number of urea groups is 1. The summed E-state index contributed by atoms with van der Waals surface area (Å²) in [4.78, 5) is 108. The van der Waals surface area contributed by atoms with E-state index in [4.69, 9.17) is 19.9 Å². The number of halogens is 3. The number of ether oxygens (including phenoxy) is 3. The molecule has 8 amide bonds. The molecule has 4 fully saturated rings. The van der Waals surface area contributed by atoms with Crippen molar-refractivity contribution in [3.05, 3.63) is 70.8 Å². The molecule has 0 bridgehead atoms. The summed E-state index contributed by atoms with van der Waals surface area (Å²) in [5.74, 6) is -2.34. The summed E-state index contributed by atoms with van der Waals surface area (Å²) >= 11 is 1.87. The van der Waals surface area contributed by atoms with Gasteiger partial charge >= 0.3 is 23.8 Å². The number of hydrogen-bond donors (Lipinski definition) is 10. The number of unbranched alkanes of at least 4 members (excludes halogenated alkanes) is 2. The van der Waals surface area contributed by atoms with Crippen molar-refractivity contribution in [1.29, 1.82) is 0 Å². The number of nitrogens with two attached hydrogens (primary N) is 1. The minimum Gasteiger partial charge on any atom is -0.480 e. The Morgan fingerprint density at radius 1 is 0.773 bits per heavy atom. The van der Waals surface area contributed by atoms with Crippen molar-refractivity contribution in [3.63, 3.8) is 0 Å². The average molecular weight is 1260 g/mol. The molecular weight excluding hydrogens is 1170 g/mol. The molecule has 484 valence electrons. The largest absolute Gasteiger partial charge is 0.480 e. The van der Waals surface area contributed by atoms with Gasteiger partial charge in [-0.3, -0.25) is 43.9 Å². The van der Waals surface area contributed by atoms with E-state index in [2.05, 4.69) is 57.8 Å². The predicted molar refractivity (Wildman–Crippen MR) is 319 cm³/mol. The summed E-state index contributed by atoms with van der Waals surface area (Å²) < 4.78 is 57.5. The van der Waals surface area contributed by atoms with Gasteiger partial charge in [0.25, 0.3) is 5.91 Å². The van der Waals surface area contributed by atoms with Gasteiger partial charge in [-0.2, -0.15) is 24.9 Å². The number of amidine groups is 1. The minimum atomic E-state index is -4.76. The van der Waals surface area contributed by atoms with E-state index in [0.717, 1.165) is 86.9 Å². The van der Waals surface area contributed by atoms with Gasteiger partial charge in [0.15, 0.2) is 0 Å². The Morgan fingerprint density at radius 3 is 2.07 bits per heavy atom. The molecule has 0 unspecified atom stereocenters. The second kappa shape index (κ2) is 34.7. The lowest BCUT2D eigenvalue weighted by Gasteiger charge is -2.43. The average Bonchev–Trinajstić information content (AvgIpc) is 1.74. The third-order valence-corrected chi connectivity index (χ3v) is 17.5. The van der Waals surface area contributed by atoms with Gasteiger partial charge in [-0.05, 0) is 81.4 Å². The third-order valence-electron chi connectivity index (χ3n) is 16.0. The van der Waals surface area contributed by atoms with Crippen LogP contribution < -0.4 is 48.3 Å². The van der Waals surface area contributed by atoms with E-state index in [1.807, 2.05) is 23.9 Å². The van der Waals surface area contributed by atoms with Gasteiger partial charge in [0.2, 0.25) is 29.5 Å². The smallest absolute Gasteiger partial charge is 0.442 e. The molecular formula is C59H84F3N13O12S. The Morgan fingerprint density at radius 2 is 1.42 bits per heavy atom. The van der Waals surface area contributed by atoms with Crippen molar-refractivity contribution in [2.45, 2.75) is 150 Å². The fourth-order valence-electron chi connectivity index (χ4n) is 10.9. The molecule has 11 N–H and O–H groups in total. The number of amides is 8. The molecule has 4 heterocycles. The topological polar surface area (TPSA) is 347 Å². The highest BCUT2D eigenvalue weighted by molar-refractivity contribution is 8.00. The number of alkyl halides is 3. The van der Waals surface area contributed by atoms with Crippen LogP contribution in [0.5, 0.6) is 0 Å². The fourth-order valence-corrected chi connectivity index (χ4v) is 12.4. The molecule has 2 aromatic carbocycles. The summed E-state index contributed by atoms with van der Waals surface area (Å²) in [7, 11) is 0. The van der Waals surface area contributed by atoms with Crippen molar-refractivity contribution in [3.8, 4) is 0 Å². The molecule has 0 radical (unpaired) electrons. The number of aliphatic imine (C=N–C) groups is 1. The first-order chi connectivity index (χ1) is 42.4. The highest BCUT2D eigenvalue weighted by Gasteiger charge is 2.65. The Kier molecular flexibility index (Phi) is 27.0. The van der Waals surface area contributed by atoms with Crippen LogP contribution in [0, 0.1) is 5.92 Å². The molecule has 2 aromatic rings.